The van der Waals surface area contributed by atoms with Gasteiger partial charge in [-0.3, -0.25) is 9.80 Å². The number of hydrazine groups is 1. The van der Waals surface area contributed by atoms with Crippen molar-refractivity contribution < 1.29 is 18.7 Å². The van der Waals surface area contributed by atoms with Crippen LogP contribution in [0.4, 0.5) is 4.39 Å². The van der Waals surface area contributed by atoms with E-state index in [1.54, 1.807) is 25.1 Å². The Hall–Kier alpha value is -3.26. The van der Waals surface area contributed by atoms with E-state index in [2.05, 4.69) is 17.3 Å². The Kier molecular flexibility index (Phi) is 7.80. The van der Waals surface area contributed by atoms with E-state index in [1.165, 1.54) is 12.2 Å². The Bertz CT molecular complexity index is 1110. The van der Waals surface area contributed by atoms with E-state index in [4.69, 9.17) is 4.74 Å². The molecule has 1 amide bonds. The summed E-state index contributed by atoms with van der Waals surface area (Å²) in [4.78, 5) is 31.6. The van der Waals surface area contributed by atoms with Crippen LogP contribution < -0.4 is 5.43 Å². The second kappa shape index (κ2) is 11.0. The fourth-order valence-electron chi connectivity index (χ4n) is 4.70. The number of allylic oxidation sites excluding steroid dienone is 1. The molecule has 186 valence electrons. The highest BCUT2D eigenvalue weighted by Crippen LogP contribution is 2.33. The first kappa shape index (κ1) is 24.9. The second-order valence-electron chi connectivity index (χ2n) is 8.99. The van der Waals surface area contributed by atoms with E-state index in [0.29, 0.717) is 29.1 Å². The standard InChI is InChI=1S/C27H33FN4O3/c1-4-20-16-23(27(34)31-15-8-6-7-10-18(31)3)29-24-17-22(30-32(20)24)21-12-9-11-19(26(21)28)13-14-25(33)35-5-2/h9,11-14,16-18,22,30H,4-8,10,15H2,1-3H3/b14-13-/t18-,22-/m1/s1. The Balaban J connectivity index is 1.60. The zero-order valence-electron chi connectivity index (χ0n) is 20.6. The molecular formula is C27H33FN4O3. The molecule has 7 nitrogen and oxygen atoms in total. The van der Waals surface area contributed by atoms with Gasteiger partial charge >= 0.3 is 5.97 Å². The van der Waals surface area contributed by atoms with Crippen LogP contribution >= 0.6 is 0 Å². The maximum absolute atomic E-state index is 15.3. The molecule has 0 aliphatic carbocycles. The number of halogens is 1. The normalized spacial score (nSPS) is 22.3. The summed E-state index contributed by atoms with van der Waals surface area (Å²) in [5, 5.41) is 1.83. The highest BCUT2D eigenvalue weighted by molar-refractivity contribution is 6.43. The Morgan fingerprint density at radius 3 is 2.86 bits per heavy atom. The van der Waals surface area contributed by atoms with Crippen LogP contribution in [0.1, 0.15) is 70.0 Å². The van der Waals surface area contributed by atoms with Crippen molar-refractivity contribution in [3.8, 4) is 0 Å². The van der Waals surface area contributed by atoms with E-state index >= 15 is 4.39 Å². The molecule has 35 heavy (non-hydrogen) atoms. The molecule has 3 aliphatic rings. The average Bonchev–Trinajstić information content (AvgIpc) is 3.16. The van der Waals surface area contributed by atoms with Gasteiger partial charge in [0.25, 0.3) is 5.91 Å². The number of fused-ring (bicyclic) bond motifs is 1. The van der Waals surface area contributed by atoms with Crippen LogP contribution in [0.15, 0.2) is 52.9 Å². The van der Waals surface area contributed by atoms with E-state index in [9.17, 15) is 9.59 Å². The molecule has 4 rings (SSSR count). The number of benzene rings is 1. The summed E-state index contributed by atoms with van der Waals surface area (Å²) in [6, 6.07) is 4.78. The number of esters is 1. The molecule has 0 aromatic heterocycles. The van der Waals surface area contributed by atoms with Crippen LogP contribution in [0.5, 0.6) is 0 Å². The molecule has 1 fully saturated rings. The van der Waals surface area contributed by atoms with Crippen LogP contribution in [0, 0.1) is 5.82 Å². The number of nitrogens with zero attached hydrogens (tertiary/aromatic N) is 3. The van der Waals surface area contributed by atoms with Gasteiger partial charge in [0, 0.05) is 35.5 Å². The van der Waals surface area contributed by atoms with Gasteiger partial charge in [0.05, 0.1) is 12.6 Å². The minimum Gasteiger partial charge on any atom is -0.463 e. The second-order valence-corrected chi connectivity index (χ2v) is 8.99. The van der Waals surface area contributed by atoms with Crippen LogP contribution in [-0.4, -0.2) is 46.7 Å². The SMILES string of the molecule is CCOC(=O)/C=C\c1cccc([C@H]2C=C3N=C(C(=O)N4CCCCC[C@H]4C)C=C(CC)N3N2)c1F. The average molecular weight is 481 g/mol. The van der Waals surface area contributed by atoms with Gasteiger partial charge in [-0.15, -0.1) is 0 Å². The molecule has 3 aliphatic heterocycles. The Morgan fingerprint density at radius 1 is 1.26 bits per heavy atom. The number of hydrogen-bond donors (Lipinski definition) is 1. The highest BCUT2D eigenvalue weighted by atomic mass is 19.1. The fraction of sp³-hybridized carbons (Fsp3) is 0.444. The van der Waals surface area contributed by atoms with Crippen molar-refractivity contribution in [3.05, 3.63) is 64.9 Å². The van der Waals surface area contributed by atoms with Crippen molar-refractivity contribution in [2.75, 3.05) is 13.2 Å². The highest BCUT2D eigenvalue weighted by Gasteiger charge is 2.33. The molecular weight excluding hydrogens is 447 g/mol. The number of carbonyl (C=O) groups excluding carboxylic acids is 2. The van der Waals surface area contributed by atoms with Gasteiger partial charge in [-0.25, -0.2) is 19.6 Å². The molecule has 0 spiro atoms. The van der Waals surface area contributed by atoms with Gasteiger partial charge in [-0.1, -0.05) is 38.0 Å². The fourth-order valence-corrected chi connectivity index (χ4v) is 4.70. The first-order chi connectivity index (χ1) is 16.9. The summed E-state index contributed by atoms with van der Waals surface area (Å²) >= 11 is 0. The van der Waals surface area contributed by atoms with Gasteiger partial charge in [-0.05, 0) is 51.3 Å². The predicted molar refractivity (Wildman–Crippen MR) is 133 cm³/mol. The first-order valence-corrected chi connectivity index (χ1v) is 12.4. The molecule has 1 N–H and O–H groups in total. The summed E-state index contributed by atoms with van der Waals surface area (Å²) in [5.74, 6) is -0.403. The third-order valence-electron chi connectivity index (χ3n) is 6.61. The number of aliphatic imine (C=N–C) groups is 1. The number of hydrogen-bond acceptors (Lipinski definition) is 6. The molecule has 0 radical (unpaired) electrons. The molecule has 3 heterocycles. The van der Waals surface area contributed by atoms with Crippen LogP contribution in [0.2, 0.25) is 0 Å². The zero-order valence-corrected chi connectivity index (χ0v) is 20.6. The van der Waals surface area contributed by atoms with Crippen molar-refractivity contribution in [1.29, 1.82) is 0 Å². The van der Waals surface area contributed by atoms with Crippen molar-refractivity contribution in [2.24, 2.45) is 4.99 Å². The molecule has 0 saturated carbocycles. The molecule has 1 saturated heterocycles. The third-order valence-corrected chi connectivity index (χ3v) is 6.61. The van der Waals surface area contributed by atoms with Crippen molar-refractivity contribution in [2.45, 2.75) is 65.0 Å². The summed E-state index contributed by atoms with van der Waals surface area (Å²) in [6.45, 7) is 6.84. The maximum atomic E-state index is 15.3. The number of rotatable bonds is 6. The van der Waals surface area contributed by atoms with Crippen molar-refractivity contribution in [1.82, 2.24) is 15.3 Å². The number of nitrogens with one attached hydrogen (secondary N) is 1. The van der Waals surface area contributed by atoms with Gasteiger partial charge in [0.1, 0.15) is 17.3 Å². The number of carbonyl (C=O) groups is 2. The largest absolute Gasteiger partial charge is 0.463 e. The molecule has 0 bridgehead atoms. The zero-order chi connectivity index (χ0) is 24.9. The molecule has 0 unspecified atom stereocenters. The van der Waals surface area contributed by atoms with E-state index < -0.39 is 17.8 Å². The number of ether oxygens (including phenoxy) is 1. The summed E-state index contributed by atoms with van der Waals surface area (Å²) < 4.78 is 20.2. The minimum absolute atomic E-state index is 0.0494. The van der Waals surface area contributed by atoms with Gasteiger partial charge in [-0.2, -0.15) is 0 Å². The lowest BCUT2D eigenvalue weighted by Gasteiger charge is -2.31. The lowest BCUT2D eigenvalue weighted by molar-refractivity contribution is -0.137. The topological polar surface area (TPSA) is 74.2 Å². The van der Waals surface area contributed by atoms with E-state index in [-0.39, 0.29) is 18.6 Å². The lowest BCUT2D eigenvalue weighted by Crippen LogP contribution is -2.44. The first-order valence-electron chi connectivity index (χ1n) is 12.4. The van der Waals surface area contributed by atoms with Crippen molar-refractivity contribution >= 4 is 23.7 Å². The van der Waals surface area contributed by atoms with Crippen molar-refractivity contribution in [3.63, 3.8) is 0 Å². The number of amides is 1. The van der Waals surface area contributed by atoms with Crippen LogP contribution in [0.3, 0.4) is 0 Å². The maximum Gasteiger partial charge on any atom is 0.330 e. The van der Waals surface area contributed by atoms with E-state index in [0.717, 1.165) is 37.9 Å². The third kappa shape index (κ3) is 5.37. The molecule has 1 aromatic rings. The number of likely N-dealkylation sites (tertiary alicyclic amines) is 1. The van der Waals surface area contributed by atoms with Gasteiger partial charge < -0.3 is 9.64 Å². The summed E-state index contributed by atoms with van der Waals surface area (Å²) in [7, 11) is 0. The van der Waals surface area contributed by atoms with Gasteiger partial charge in [0.2, 0.25) is 0 Å². The summed E-state index contributed by atoms with van der Waals surface area (Å²) in [6.07, 6.45) is 11.3. The van der Waals surface area contributed by atoms with Crippen LogP contribution in [0.25, 0.3) is 6.08 Å². The summed E-state index contributed by atoms with van der Waals surface area (Å²) in [5.41, 5.74) is 5.35. The Morgan fingerprint density at radius 2 is 2.09 bits per heavy atom. The molecule has 1 aromatic carbocycles. The Labute approximate surface area is 206 Å². The minimum atomic E-state index is -0.515. The molecule has 2 atom stereocenters. The molecule has 8 heteroatoms. The monoisotopic (exact) mass is 480 g/mol. The van der Waals surface area contributed by atoms with Gasteiger partial charge in [0.15, 0.2) is 0 Å². The van der Waals surface area contributed by atoms with E-state index in [1.807, 2.05) is 29.0 Å². The lowest BCUT2D eigenvalue weighted by atomic mass is 10.0. The van der Waals surface area contributed by atoms with Crippen LogP contribution in [-0.2, 0) is 14.3 Å². The smallest absolute Gasteiger partial charge is 0.330 e. The predicted octanol–water partition coefficient (Wildman–Crippen LogP) is 4.64. The quantitative estimate of drug-likeness (QED) is 0.474.